The molecule has 1 amide bonds. The zero-order chi connectivity index (χ0) is 24.0. The van der Waals surface area contributed by atoms with E-state index in [-0.39, 0.29) is 40.3 Å². The quantitative estimate of drug-likeness (QED) is 0.379. The molecule has 1 saturated heterocycles. The average Bonchev–Trinajstić information content (AvgIpc) is 3.29. The minimum Gasteiger partial charge on any atom is -0.465 e. The van der Waals surface area contributed by atoms with Gasteiger partial charge in [-0.3, -0.25) is 5.10 Å². The van der Waals surface area contributed by atoms with Crippen LogP contribution in [0.2, 0.25) is 10.2 Å². The van der Waals surface area contributed by atoms with Crippen LogP contribution in [0.25, 0.3) is 21.8 Å². The van der Waals surface area contributed by atoms with E-state index in [1.165, 1.54) is 17.2 Å². The Morgan fingerprint density at radius 2 is 2.00 bits per heavy atom. The number of carbonyl (C=O) groups is 1. The van der Waals surface area contributed by atoms with Gasteiger partial charge in [0.25, 0.3) is 0 Å². The molecule has 172 valence electrons. The fourth-order valence-corrected chi connectivity index (χ4v) is 4.47. The highest BCUT2D eigenvalue weighted by molar-refractivity contribution is 6.33. The number of H-pyrrole nitrogens is 1. The molecule has 5 rings (SSSR count). The lowest BCUT2D eigenvalue weighted by molar-refractivity contribution is 0.142. The van der Waals surface area contributed by atoms with Gasteiger partial charge >= 0.3 is 6.09 Å². The van der Waals surface area contributed by atoms with Crippen LogP contribution in [0.15, 0.2) is 30.5 Å². The molecule has 2 aromatic carbocycles. The van der Waals surface area contributed by atoms with E-state index in [1.807, 2.05) is 4.90 Å². The number of hydrogen-bond donors (Lipinski definition) is 2. The van der Waals surface area contributed by atoms with Gasteiger partial charge in [0, 0.05) is 37.6 Å². The van der Waals surface area contributed by atoms with E-state index < -0.39 is 11.9 Å². The number of piperazine rings is 1. The first kappa shape index (κ1) is 22.0. The van der Waals surface area contributed by atoms with Crippen LogP contribution >= 0.6 is 23.2 Å². The van der Waals surface area contributed by atoms with Gasteiger partial charge < -0.3 is 19.6 Å². The number of fused-ring (bicyclic) bond motifs is 2. The summed E-state index contributed by atoms with van der Waals surface area (Å²) in [7, 11) is 0. The Hall–Kier alpha value is -3.81. The maximum atomic E-state index is 14.4. The number of para-hydroxylation sites is 1. The second-order valence-corrected chi connectivity index (χ2v) is 8.32. The summed E-state index contributed by atoms with van der Waals surface area (Å²) in [5.74, 6) is -0.357. The Morgan fingerprint density at radius 3 is 2.71 bits per heavy atom. The number of nitrogens with one attached hydrogen (secondary N) is 1. The lowest BCUT2D eigenvalue weighted by Gasteiger charge is -2.35. The lowest BCUT2D eigenvalue weighted by Crippen LogP contribution is -2.48. The van der Waals surface area contributed by atoms with E-state index >= 15 is 0 Å². The Morgan fingerprint density at radius 1 is 1.24 bits per heavy atom. The zero-order valence-corrected chi connectivity index (χ0v) is 18.9. The second-order valence-electron chi connectivity index (χ2n) is 7.58. The van der Waals surface area contributed by atoms with Crippen molar-refractivity contribution in [1.82, 2.24) is 20.1 Å². The van der Waals surface area contributed by atoms with Crippen molar-refractivity contribution in [3.8, 4) is 17.6 Å². The maximum absolute atomic E-state index is 14.4. The van der Waals surface area contributed by atoms with Crippen LogP contribution < -0.4 is 9.64 Å². The maximum Gasteiger partial charge on any atom is 0.407 e. The fraction of sp³-hybridized carbons (Fsp3) is 0.182. The molecule has 0 unspecified atom stereocenters. The number of anilines is 1. The zero-order valence-electron chi connectivity index (χ0n) is 17.3. The van der Waals surface area contributed by atoms with E-state index in [4.69, 9.17) is 27.9 Å². The van der Waals surface area contributed by atoms with E-state index in [0.29, 0.717) is 40.6 Å². The number of aromatic amines is 1. The summed E-state index contributed by atoms with van der Waals surface area (Å²) in [5.41, 5.74) is 1.47. The Bertz CT molecular complexity index is 1490. The van der Waals surface area contributed by atoms with Gasteiger partial charge in [0.15, 0.2) is 11.5 Å². The molecule has 2 N–H and O–H groups in total. The summed E-state index contributed by atoms with van der Waals surface area (Å²) >= 11 is 12.6. The first-order chi connectivity index (χ1) is 16.4. The smallest absolute Gasteiger partial charge is 0.407 e. The summed E-state index contributed by atoms with van der Waals surface area (Å²) in [4.78, 5) is 18.9. The molecule has 1 fully saturated rings. The van der Waals surface area contributed by atoms with E-state index in [2.05, 4.69) is 21.3 Å². The predicted octanol–water partition coefficient (Wildman–Crippen LogP) is 5.02. The number of pyridine rings is 1. The summed E-state index contributed by atoms with van der Waals surface area (Å²) in [6, 6.07) is 8.45. The Kier molecular flexibility index (Phi) is 5.51. The molecule has 0 spiro atoms. The monoisotopic (exact) mass is 500 g/mol. The third-order valence-electron chi connectivity index (χ3n) is 5.69. The number of hydrogen-bond acceptors (Lipinski definition) is 6. The summed E-state index contributed by atoms with van der Waals surface area (Å²) in [6.07, 6.45) is 0.480. The van der Waals surface area contributed by atoms with Gasteiger partial charge in [-0.05, 0) is 6.07 Å². The number of nitrogens with zero attached hydrogens (tertiary/aromatic N) is 5. The molecule has 3 heterocycles. The van der Waals surface area contributed by atoms with Gasteiger partial charge in [0.05, 0.1) is 22.8 Å². The molecule has 12 heteroatoms. The van der Waals surface area contributed by atoms with Crippen LogP contribution in [0.3, 0.4) is 0 Å². The molecular formula is C22H15Cl2FN6O3. The van der Waals surface area contributed by atoms with E-state index in [9.17, 15) is 19.6 Å². The fourth-order valence-electron chi connectivity index (χ4n) is 4.06. The SMILES string of the molecule is N#Cc1c(Cl)nc2c(Oc3c(Cl)c(F)cc4[nH]ncc34)cccc2c1N1CCN(C(=O)O)CC1. The molecular weight excluding hydrogens is 486 g/mol. The standard InChI is InChI=1S/C22H15Cl2FN6O3/c23-17-14(25)8-15-13(10-27-29-15)20(17)34-16-3-1-2-11-18(16)28-21(24)12(9-26)19(11)30-4-6-31(7-5-30)22(32)33/h1-3,8,10H,4-7H2,(H,27,29)(H,32,33). The molecule has 0 atom stereocenters. The first-order valence-electron chi connectivity index (χ1n) is 10.1. The molecule has 1 aliphatic heterocycles. The highest BCUT2D eigenvalue weighted by atomic mass is 35.5. The summed E-state index contributed by atoms with van der Waals surface area (Å²) in [5, 5.41) is 26.5. The van der Waals surface area contributed by atoms with Crippen molar-refractivity contribution in [3.05, 3.63) is 52.0 Å². The average molecular weight is 501 g/mol. The van der Waals surface area contributed by atoms with Gasteiger partial charge in [-0.25, -0.2) is 14.2 Å². The molecule has 0 radical (unpaired) electrons. The van der Waals surface area contributed by atoms with Crippen molar-refractivity contribution in [2.45, 2.75) is 0 Å². The van der Waals surface area contributed by atoms with Gasteiger partial charge in [0.2, 0.25) is 0 Å². The lowest BCUT2D eigenvalue weighted by atomic mass is 10.1. The number of benzene rings is 2. The van der Waals surface area contributed by atoms with Crippen LogP contribution in [0.4, 0.5) is 14.9 Å². The van der Waals surface area contributed by atoms with Crippen molar-refractivity contribution in [2.24, 2.45) is 0 Å². The molecule has 9 nitrogen and oxygen atoms in total. The van der Waals surface area contributed by atoms with Gasteiger partial charge in [-0.2, -0.15) is 10.4 Å². The number of nitriles is 1. The van der Waals surface area contributed by atoms with Crippen molar-refractivity contribution in [3.63, 3.8) is 0 Å². The number of amides is 1. The molecule has 1 aliphatic rings. The van der Waals surface area contributed by atoms with Crippen molar-refractivity contribution in [2.75, 3.05) is 31.1 Å². The van der Waals surface area contributed by atoms with E-state index in [1.54, 1.807) is 18.2 Å². The molecule has 34 heavy (non-hydrogen) atoms. The van der Waals surface area contributed by atoms with Gasteiger partial charge in [0.1, 0.15) is 33.1 Å². The molecule has 2 aromatic heterocycles. The van der Waals surface area contributed by atoms with Crippen LogP contribution in [-0.4, -0.2) is 57.5 Å². The minimum absolute atomic E-state index is 0.0273. The van der Waals surface area contributed by atoms with Crippen LogP contribution in [-0.2, 0) is 0 Å². The number of halogens is 3. The third-order valence-corrected chi connectivity index (χ3v) is 6.32. The van der Waals surface area contributed by atoms with E-state index in [0.717, 1.165) is 0 Å². The number of carboxylic acid groups (broad SMARTS) is 1. The number of aromatic nitrogens is 3. The molecule has 0 saturated carbocycles. The number of rotatable bonds is 3. The van der Waals surface area contributed by atoms with Gasteiger partial charge in [-0.1, -0.05) is 35.3 Å². The van der Waals surface area contributed by atoms with Crippen LogP contribution in [0, 0.1) is 17.1 Å². The van der Waals surface area contributed by atoms with Crippen LogP contribution in [0.5, 0.6) is 11.5 Å². The largest absolute Gasteiger partial charge is 0.465 e. The van der Waals surface area contributed by atoms with Gasteiger partial charge in [-0.15, -0.1) is 0 Å². The van der Waals surface area contributed by atoms with Crippen molar-refractivity contribution in [1.29, 1.82) is 5.26 Å². The molecule has 4 aromatic rings. The second kappa shape index (κ2) is 8.52. The summed E-state index contributed by atoms with van der Waals surface area (Å²) in [6.45, 7) is 1.28. The Labute approximate surface area is 201 Å². The highest BCUT2D eigenvalue weighted by Crippen LogP contribution is 2.42. The van der Waals surface area contributed by atoms with Crippen molar-refractivity contribution < 1.29 is 19.0 Å². The third kappa shape index (κ3) is 3.59. The van der Waals surface area contributed by atoms with Crippen molar-refractivity contribution >= 4 is 56.8 Å². The molecule has 0 aliphatic carbocycles. The minimum atomic E-state index is -0.994. The van der Waals surface area contributed by atoms with Crippen LogP contribution in [0.1, 0.15) is 5.56 Å². The molecule has 0 bridgehead atoms. The highest BCUT2D eigenvalue weighted by Gasteiger charge is 2.27. The first-order valence-corrected chi connectivity index (χ1v) is 10.9. The number of ether oxygens (including phenoxy) is 1. The normalized spacial score (nSPS) is 13.9. The topological polar surface area (TPSA) is 118 Å². The predicted molar refractivity (Wildman–Crippen MR) is 124 cm³/mol. The summed E-state index contributed by atoms with van der Waals surface area (Å²) < 4.78 is 20.4. The Balaban J connectivity index is 1.64.